The summed E-state index contributed by atoms with van der Waals surface area (Å²) in [4.78, 5) is 45.4. The Kier molecular flexibility index (Phi) is 8.33. The Labute approximate surface area is 226 Å². The van der Waals surface area contributed by atoms with Gasteiger partial charge in [-0.1, -0.05) is 49.8 Å². The van der Waals surface area contributed by atoms with E-state index in [2.05, 4.69) is 13.5 Å². The fraction of sp³-hybridized carbons (Fsp3) is 0.633. The molecular weight excluding hydrogens is 484 g/mol. The van der Waals surface area contributed by atoms with Crippen LogP contribution >= 0.6 is 0 Å². The highest BCUT2D eigenvalue weighted by atomic mass is 16.6. The van der Waals surface area contributed by atoms with Crippen molar-refractivity contribution in [2.24, 2.45) is 11.8 Å². The maximum Gasteiger partial charge on any atom is 0.312 e. The fourth-order valence-corrected chi connectivity index (χ4v) is 7.12. The molecule has 0 aromatic heterocycles. The molecule has 208 valence electrons. The molecule has 8 heteroatoms. The first kappa shape index (κ1) is 28.3. The van der Waals surface area contributed by atoms with Gasteiger partial charge in [-0.2, -0.15) is 0 Å². The molecule has 1 spiro atoms. The van der Waals surface area contributed by atoms with Crippen LogP contribution in [-0.2, 0) is 30.3 Å². The molecule has 0 saturated carbocycles. The van der Waals surface area contributed by atoms with Crippen molar-refractivity contribution in [2.75, 3.05) is 19.8 Å². The van der Waals surface area contributed by atoms with E-state index in [1.807, 2.05) is 44.2 Å². The number of carbonyl (C=O) groups excluding carboxylic acids is 3. The van der Waals surface area contributed by atoms with E-state index in [1.54, 1.807) is 22.8 Å². The second kappa shape index (κ2) is 11.2. The molecule has 3 unspecified atom stereocenters. The lowest BCUT2D eigenvalue weighted by Gasteiger charge is -2.41. The molecule has 38 heavy (non-hydrogen) atoms. The molecule has 7 atom stereocenters. The summed E-state index contributed by atoms with van der Waals surface area (Å²) in [5.41, 5.74) is -1.10. The molecule has 2 amide bonds. The number of aliphatic hydroxyl groups excluding tert-OH is 1. The Morgan fingerprint density at radius 1 is 1.29 bits per heavy atom. The highest BCUT2D eigenvalue weighted by Gasteiger charge is 2.79. The molecule has 3 aliphatic heterocycles. The van der Waals surface area contributed by atoms with E-state index in [1.165, 1.54) is 0 Å². The van der Waals surface area contributed by atoms with E-state index in [9.17, 15) is 19.5 Å². The number of benzene rings is 1. The van der Waals surface area contributed by atoms with Gasteiger partial charge in [0, 0.05) is 12.6 Å². The first-order chi connectivity index (χ1) is 18.2. The summed E-state index contributed by atoms with van der Waals surface area (Å²) < 4.78 is 12.1. The van der Waals surface area contributed by atoms with Gasteiger partial charge < -0.3 is 24.4 Å². The van der Waals surface area contributed by atoms with Crippen LogP contribution in [0.2, 0.25) is 0 Å². The van der Waals surface area contributed by atoms with Crippen LogP contribution in [0.1, 0.15) is 58.9 Å². The number of aliphatic hydroxyl groups is 1. The number of rotatable bonds is 12. The third-order valence-corrected chi connectivity index (χ3v) is 8.75. The van der Waals surface area contributed by atoms with Gasteiger partial charge in [0.05, 0.1) is 30.8 Å². The number of amides is 2. The molecule has 3 aliphatic rings. The van der Waals surface area contributed by atoms with Crippen LogP contribution in [0.15, 0.2) is 43.0 Å². The standard InChI is InChI=1S/C30H42N2O6/c1-6-12-20(4)31(17-7-2)27(35)25-30-16-15-29(5,38-30)24(28(36)37-8-3)23(30)26(34)32(25)22(19-33)18-21-13-10-9-11-14-21/h7,9-11,13-14,20,22-25,33H,2,6,8,12,15-19H2,1,3-5H3/t20?,22-,23+,24+,25?,29-,30?/m1/s1. The third kappa shape index (κ3) is 4.56. The first-order valence-corrected chi connectivity index (χ1v) is 13.9. The molecule has 2 bridgehead atoms. The summed E-state index contributed by atoms with van der Waals surface area (Å²) in [6.07, 6.45) is 4.80. The summed E-state index contributed by atoms with van der Waals surface area (Å²) in [7, 11) is 0. The molecular formula is C30H42N2O6. The van der Waals surface area contributed by atoms with Gasteiger partial charge in [0.15, 0.2) is 0 Å². The minimum atomic E-state index is -1.16. The van der Waals surface area contributed by atoms with Crippen molar-refractivity contribution in [2.45, 2.75) is 89.1 Å². The minimum absolute atomic E-state index is 0.0744. The van der Waals surface area contributed by atoms with Gasteiger partial charge in [0.25, 0.3) is 0 Å². The van der Waals surface area contributed by atoms with Crippen LogP contribution in [0, 0.1) is 11.8 Å². The summed E-state index contributed by atoms with van der Waals surface area (Å²) in [5.74, 6) is -2.65. The maximum absolute atomic E-state index is 14.5. The Morgan fingerprint density at radius 3 is 2.61 bits per heavy atom. The zero-order chi connectivity index (χ0) is 27.7. The molecule has 0 radical (unpaired) electrons. The van der Waals surface area contributed by atoms with Gasteiger partial charge in [0.2, 0.25) is 11.8 Å². The van der Waals surface area contributed by atoms with E-state index in [-0.39, 0.29) is 31.1 Å². The Hall–Kier alpha value is -2.71. The van der Waals surface area contributed by atoms with E-state index < -0.39 is 41.1 Å². The quantitative estimate of drug-likeness (QED) is 0.332. The van der Waals surface area contributed by atoms with Crippen molar-refractivity contribution >= 4 is 17.8 Å². The lowest BCUT2D eigenvalue weighted by molar-refractivity contribution is -0.162. The number of likely N-dealkylation sites (tertiary alicyclic amines) is 1. The van der Waals surface area contributed by atoms with Crippen molar-refractivity contribution in [1.82, 2.24) is 9.80 Å². The number of carbonyl (C=O) groups is 3. The average Bonchev–Trinajstić information content (AvgIpc) is 3.47. The van der Waals surface area contributed by atoms with E-state index in [0.717, 1.165) is 18.4 Å². The zero-order valence-corrected chi connectivity index (χ0v) is 23.1. The number of esters is 1. The van der Waals surface area contributed by atoms with Gasteiger partial charge in [-0.15, -0.1) is 6.58 Å². The Balaban J connectivity index is 1.82. The van der Waals surface area contributed by atoms with Gasteiger partial charge in [-0.05, 0) is 52.0 Å². The predicted octanol–water partition coefficient (Wildman–Crippen LogP) is 3.12. The highest BCUT2D eigenvalue weighted by molar-refractivity contribution is 5.98. The van der Waals surface area contributed by atoms with Crippen LogP contribution in [0.3, 0.4) is 0 Å². The van der Waals surface area contributed by atoms with Crippen LogP contribution in [0.4, 0.5) is 0 Å². The molecule has 8 nitrogen and oxygen atoms in total. The van der Waals surface area contributed by atoms with Crippen molar-refractivity contribution in [3.8, 4) is 0 Å². The Bertz CT molecular complexity index is 1050. The smallest absolute Gasteiger partial charge is 0.312 e. The number of ether oxygens (including phenoxy) is 2. The molecule has 1 aromatic rings. The number of nitrogens with zero attached hydrogens (tertiary/aromatic N) is 2. The van der Waals surface area contributed by atoms with Gasteiger partial charge >= 0.3 is 5.97 Å². The molecule has 4 rings (SSSR count). The zero-order valence-electron chi connectivity index (χ0n) is 23.1. The van der Waals surface area contributed by atoms with Crippen molar-refractivity contribution in [3.05, 3.63) is 48.6 Å². The normalized spacial score (nSPS) is 31.1. The van der Waals surface area contributed by atoms with Gasteiger partial charge in [-0.3, -0.25) is 14.4 Å². The number of hydrogen-bond donors (Lipinski definition) is 1. The fourth-order valence-electron chi connectivity index (χ4n) is 7.12. The minimum Gasteiger partial charge on any atom is -0.466 e. The second-order valence-corrected chi connectivity index (χ2v) is 11.2. The van der Waals surface area contributed by atoms with Crippen molar-refractivity contribution in [3.63, 3.8) is 0 Å². The lowest BCUT2D eigenvalue weighted by Crippen LogP contribution is -2.60. The first-order valence-electron chi connectivity index (χ1n) is 13.9. The molecule has 3 heterocycles. The van der Waals surface area contributed by atoms with Crippen LogP contribution < -0.4 is 0 Å². The summed E-state index contributed by atoms with van der Waals surface area (Å²) in [6, 6.07) is 7.93. The van der Waals surface area contributed by atoms with E-state index in [0.29, 0.717) is 25.8 Å². The van der Waals surface area contributed by atoms with Crippen molar-refractivity contribution in [1.29, 1.82) is 0 Å². The number of hydrogen-bond acceptors (Lipinski definition) is 6. The molecule has 3 saturated heterocycles. The van der Waals surface area contributed by atoms with Gasteiger partial charge in [-0.25, -0.2) is 0 Å². The topological polar surface area (TPSA) is 96.4 Å². The lowest BCUT2D eigenvalue weighted by atomic mass is 9.66. The molecule has 1 aromatic carbocycles. The second-order valence-electron chi connectivity index (χ2n) is 11.2. The predicted molar refractivity (Wildman–Crippen MR) is 143 cm³/mol. The van der Waals surface area contributed by atoms with Crippen LogP contribution in [0.25, 0.3) is 0 Å². The largest absolute Gasteiger partial charge is 0.466 e. The third-order valence-electron chi connectivity index (χ3n) is 8.75. The SMILES string of the molecule is C=CCN(C(=O)C1N([C@@H](CO)Cc2ccccc2)C(=O)[C@@H]2[C@@H](C(=O)OCC)[C@@]3(C)CCC12O3)C(C)CCC. The maximum atomic E-state index is 14.5. The highest BCUT2D eigenvalue weighted by Crippen LogP contribution is 2.63. The molecule has 3 fully saturated rings. The molecule has 0 aliphatic carbocycles. The average molecular weight is 527 g/mol. The van der Waals surface area contributed by atoms with Crippen LogP contribution in [-0.4, -0.2) is 81.8 Å². The van der Waals surface area contributed by atoms with E-state index in [4.69, 9.17) is 9.47 Å². The Morgan fingerprint density at radius 2 is 2.00 bits per heavy atom. The summed E-state index contributed by atoms with van der Waals surface area (Å²) in [5, 5.41) is 10.6. The van der Waals surface area contributed by atoms with Crippen LogP contribution in [0.5, 0.6) is 0 Å². The monoisotopic (exact) mass is 526 g/mol. The van der Waals surface area contributed by atoms with Gasteiger partial charge in [0.1, 0.15) is 17.6 Å². The summed E-state index contributed by atoms with van der Waals surface area (Å²) >= 11 is 0. The summed E-state index contributed by atoms with van der Waals surface area (Å²) in [6.45, 7) is 11.7. The molecule has 1 N–H and O–H groups in total. The van der Waals surface area contributed by atoms with E-state index >= 15 is 0 Å². The van der Waals surface area contributed by atoms with Crippen molar-refractivity contribution < 1.29 is 29.0 Å². The number of fused-ring (bicyclic) bond motifs is 1.